The second-order valence-corrected chi connectivity index (χ2v) is 5.47. The maximum Gasteiger partial charge on any atom is 0.328 e. The van der Waals surface area contributed by atoms with Crippen molar-refractivity contribution in [2.75, 3.05) is 20.3 Å². The Morgan fingerprint density at radius 2 is 1.95 bits per heavy atom. The summed E-state index contributed by atoms with van der Waals surface area (Å²) in [5.41, 5.74) is 0. The van der Waals surface area contributed by atoms with Crippen LogP contribution >= 0.6 is 0 Å². The van der Waals surface area contributed by atoms with E-state index in [4.69, 9.17) is 9.47 Å². The predicted octanol–water partition coefficient (Wildman–Crippen LogP) is 1.26. The van der Waals surface area contributed by atoms with E-state index in [2.05, 4.69) is 5.32 Å². The molecule has 0 unspecified atom stereocenters. The smallest absolute Gasteiger partial charge is 0.328 e. The summed E-state index contributed by atoms with van der Waals surface area (Å²) in [6.07, 6.45) is 6.18. The quantitative estimate of drug-likeness (QED) is 0.780. The number of methoxy groups -OCH3 is 1. The first-order valence-corrected chi connectivity index (χ1v) is 7.18. The molecule has 0 spiro atoms. The molecule has 1 saturated heterocycles. The Balaban J connectivity index is 1.96. The van der Waals surface area contributed by atoms with Crippen LogP contribution in [0.4, 0.5) is 0 Å². The third-order valence-electron chi connectivity index (χ3n) is 4.17. The van der Waals surface area contributed by atoms with Gasteiger partial charge in [-0.1, -0.05) is 19.3 Å². The van der Waals surface area contributed by atoms with Crippen LogP contribution in [0.2, 0.25) is 0 Å². The van der Waals surface area contributed by atoms with Gasteiger partial charge in [0.25, 0.3) is 0 Å². The van der Waals surface area contributed by atoms with E-state index in [1.807, 2.05) is 0 Å². The molecular weight excluding hydrogens is 246 g/mol. The van der Waals surface area contributed by atoms with Crippen LogP contribution in [0.5, 0.6) is 0 Å². The van der Waals surface area contributed by atoms with Crippen molar-refractivity contribution in [3.8, 4) is 0 Å². The van der Waals surface area contributed by atoms with Crippen molar-refractivity contribution in [2.24, 2.45) is 11.8 Å². The van der Waals surface area contributed by atoms with E-state index in [1.54, 1.807) is 0 Å². The zero-order valence-electron chi connectivity index (χ0n) is 11.5. The number of nitrogens with one attached hydrogen (secondary N) is 1. The van der Waals surface area contributed by atoms with Crippen molar-refractivity contribution < 1.29 is 19.1 Å². The Hall–Kier alpha value is -1.10. The van der Waals surface area contributed by atoms with Crippen molar-refractivity contribution in [2.45, 2.75) is 44.6 Å². The Bertz CT molecular complexity index is 319. The molecule has 0 aromatic rings. The first-order chi connectivity index (χ1) is 9.22. The van der Waals surface area contributed by atoms with Crippen LogP contribution < -0.4 is 5.32 Å². The Labute approximate surface area is 114 Å². The molecule has 0 bridgehead atoms. The molecule has 108 valence electrons. The fourth-order valence-corrected chi connectivity index (χ4v) is 2.98. The normalized spacial score (nSPS) is 25.8. The van der Waals surface area contributed by atoms with E-state index >= 15 is 0 Å². The Kier molecular flexibility index (Phi) is 5.19. The van der Waals surface area contributed by atoms with Gasteiger partial charge in [-0.25, -0.2) is 4.79 Å². The standard InChI is InChI=1S/C14H23NO4/c1-18-14(17)12(10-5-3-2-4-6-10)15-13(16)11-7-8-19-9-11/h10-12H,2-9H2,1H3,(H,15,16)/t11-,12-/m1/s1. The summed E-state index contributed by atoms with van der Waals surface area (Å²) in [5, 5.41) is 2.89. The van der Waals surface area contributed by atoms with Crippen LogP contribution in [0.3, 0.4) is 0 Å². The zero-order valence-corrected chi connectivity index (χ0v) is 11.5. The van der Waals surface area contributed by atoms with Crippen LogP contribution in [0.25, 0.3) is 0 Å². The van der Waals surface area contributed by atoms with Gasteiger partial charge in [0.15, 0.2) is 0 Å². The van der Waals surface area contributed by atoms with Gasteiger partial charge in [0.2, 0.25) is 5.91 Å². The average molecular weight is 269 g/mol. The predicted molar refractivity (Wildman–Crippen MR) is 69.4 cm³/mol. The van der Waals surface area contributed by atoms with Gasteiger partial charge in [0, 0.05) is 6.61 Å². The first-order valence-electron chi connectivity index (χ1n) is 7.18. The van der Waals surface area contributed by atoms with E-state index in [0.29, 0.717) is 13.2 Å². The zero-order chi connectivity index (χ0) is 13.7. The maximum absolute atomic E-state index is 12.1. The summed E-state index contributed by atoms with van der Waals surface area (Å²) < 4.78 is 10.1. The second kappa shape index (κ2) is 6.89. The highest BCUT2D eigenvalue weighted by molar-refractivity contribution is 5.86. The van der Waals surface area contributed by atoms with E-state index < -0.39 is 6.04 Å². The van der Waals surface area contributed by atoms with Gasteiger partial charge in [0.1, 0.15) is 6.04 Å². The second-order valence-electron chi connectivity index (χ2n) is 5.47. The van der Waals surface area contributed by atoms with Gasteiger partial charge in [-0.3, -0.25) is 4.79 Å². The minimum Gasteiger partial charge on any atom is -0.467 e. The lowest BCUT2D eigenvalue weighted by atomic mass is 9.83. The maximum atomic E-state index is 12.1. The Morgan fingerprint density at radius 1 is 1.21 bits per heavy atom. The number of hydrogen-bond donors (Lipinski definition) is 1. The highest BCUT2D eigenvalue weighted by Crippen LogP contribution is 2.27. The summed E-state index contributed by atoms with van der Waals surface area (Å²) >= 11 is 0. The van der Waals surface area contributed by atoms with Gasteiger partial charge < -0.3 is 14.8 Å². The number of amides is 1. The fourth-order valence-electron chi connectivity index (χ4n) is 2.98. The average Bonchev–Trinajstić information content (AvgIpc) is 2.99. The molecule has 2 aliphatic rings. The molecule has 2 rings (SSSR count). The van der Waals surface area contributed by atoms with Crippen LogP contribution in [0.1, 0.15) is 38.5 Å². The van der Waals surface area contributed by atoms with Crippen molar-refractivity contribution in [3.05, 3.63) is 0 Å². The molecule has 1 heterocycles. The highest BCUT2D eigenvalue weighted by Gasteiger charge is 2.34. The number of hydrogen-bond acceptors (Lipinski definition) is 4. The lowest BCUT2D eigenvalue weighted by Gasteiger charge is -2.29. The third kappa shape index (κ3) is 3.69. The largest absolute Gasteiger partial charge is 0.467 e. The summed E-state index contributed by atoms with van der Waals surface area (Å²) in [6.45, 7) is 1.09. The number of carbonyl (C=O) groups is 2. The van der Waals surface area contributed by atoms with Gasteiger partial charge in [-0.15, -0.1) is 0 Å². The molecular formula is C14H23NO4. The minimum atomic E-state index is -0.488. The summed E-state index contributed by atoms with van der Waals surface area (Å²) in [5.74, 6) is -0.291. The van der Waals surface area contributed by atoms with Gasteiger partial charge in [-0.05, 0) is 25.2 Å². The monoisotopic (exact) mass is 269 g/mol. The molecule has 1 aliphatic carbocycles. The third-order valence-corrected chi connectivity index (χ3v) is 4.17. The van der Waals surface area contributed by atoms with Crippen LogP contribution in [0, 0.1) is 11.8 Å². The SMILES string of the molecule is COC(=O)[C@H](NC(=O)[C@@H]1CCOC1)C1CCCCC1. The summed E-state index contributed by atoms with van der Waals surface area (Å²) in [7, 11) is 1.38. The van der Waals surface area contributed by atoms with Crippen molar-refractivity contribution in [1.82, 2.24) is 5.32 Å². The lowest BCUT2D eigenvalue weighted by Crippen LogP contribution is -2.49. The van der Waals surface area contributed by atoms with E-state index in [-0.39, 0.29) is 23.7 Å². The fraction of sp³-hybridized carbons (Fsp3) is 0.857. The Morgan fingerprint density at radius 3 is 2.53 bits per heavy atom. The summed E-state index contributed by atoms with van der Waals surface area (Å²) in [4.78, 5) is 24.0. The molecule has 0 radical (unpaired) electrons. The molecule has 5 heteroatoms. The van der Waals surface area contributed by atoms with Crippen LogP contribution in [-0.4, -0.2) is 38.2 Å². The molecule has 1 saturated carbocycles. The molecule has 1 N–H and O–H groups in total. The highest BCUT2D eigenvalue weighted by atomic mass is 16.5. The van der Waals surface area contributed by atoms with Crippen molar-refractivity contribution in [3.63, 3.8) is 0 Å². The van der Waals surface area contributed by atoms with E-state index in [1.165, 1.54) is 13.5 Å². The van der Waals surface area contributed by atoms with Crippen LogP contribution in [0.15, 0.2) is 0 Å². The number of carbonyl (C=O) groups excluding carboxylic acids is 2. The molecule has 19 heavy (non-hydrogen) atoms. The molecule has 2 atom stereocenters. The van der Waals surface area contributed by atoms with Gasteiger partial charge >= 0.3 is 5.97 Å². The van der Waals surface area contributed by atoms with Crippen LogP contribution in [-0.2, 0) is 19.1 Å². The first kappa shape index (κ1) is 14.3. The van der Waals surface area contributed by atoms with Gasteiger partial charge in [0.05, 0.1) is 19.6 Å². The van der Waals surface area contributed by atoms with E-state index in [0.717, 1.165) is 32.1 Å². The molecule has 5 nitrogen and oxygen atoms in total. The molecule has 1 amide bonds. The topological polar surface area (TPSA) is 64.6 Å². The van der Waals surface area contributed by atoms with Crippen molar-refractivity contribution in [1.29, 1.82) is 0 Å². The number of rotatable bonds is 4. The minimum absolute atomic E-state index is 0.0709. The van der Waals surface area contributed by atoms with E-state index in [9.17, 15) is 9.59 Å². The molecule has 0 aromatic heterocycles. The lowest BCUT2D eigenvalue weighted by molar-refractivity contribution is -0.147. The number of esters is 1. The molecule has 2 fully saturated rings. The van der Waals surface area contributed by atoms with Gasteiger partial charge in [-0.2, -0.15) is 0 Å². The number of ether oxygens (including phenoxy) is 2. The van der Waals surface area contributed by atoms with Crippen molar-refractivity contribution >= 4 is 11.9 Å². The molecule has 0 aromatic carbocycles. The molecule has 1 aliphatic heterocycles. The summed E-state index contributed by atoms with van der Waals surface area (Å²) in [6, 6.07) is -0.488.